The third-order valence-electron chi connectivity index (χ3n) is 4.23. The van der Waals surface area contributed by atoms with E-state index in [1.54, 1.807) is 11.8 Å². The van der Waals surface area contributed by atoms with Gasteiger partial charge in [-0.3, -0.25) is 4.98 Å². The predicted octanol–water partition coefficient (Wildman–Crippen LogP) is 5.98. The number of benzene rings is 2. The smallest absolute Gasteiger partial charge is 0.166 e. The number of aryl methyl sites for hydroxylation is 1. The third kappa shape index (κ3) is 5.15. The number of fused-ring (bicyclic) bond motifs is 1. The van der Waals surface area contributed by atoms with Crippen molar-refractivity contribution in [1.29, 1.82) is 0 Å². The number of aromatic amines is 1. The molecule has 0 saturated carbocycles. The van der Waals surface area contributed by atoms with Crippen LogP contribution in [0, 0.1) is 0 Å². The maximum atomic E-state index is 4.61. The molecule has 0 aliphatic heterocycles. The highest BCUT2D eigenvalue weighted by Gasteiger charge is 2.05. The molecule has 27 heavy (non-hydrogen) atoms. The fourth-order valence-electron chi connectivity index (χ4n) is 2.88. The van der Waals surface area contributed by atoms with Crippen LogP contribution in [0.4, 0.5) is 0 Å². The number of rotatable bonds is 8. The number of pyridine rings is 1. The SMILES string of the molecule is c1ccc(CCCSc2ccnc(CSc3nc4ccccc4[nH]3)c2)cc1. The van der Waals surface area contributed by atoms with Crippen LogP contribution in [0.3, 0.4) is 0 Å². The molecule has 1 N–H and O–H groups in total. The number of H-pyrrole nitrogens is 1. The van der Waals surface area contributed by atoms with E-state index in [0.29, 0.717) is 0 Å². The molecule has 0 radical (unpaired) electrons. The van der Waals surface area contributed by atoms with Crippen LogP contribution >= 0.6 is 23.5 Å². The molecule has 0 aliphatic rings. The van der Waals surface area contributed by atoms with E-state index in [1.807, 2.05) is 36.2 Å². The lowest BCUT2D eigenvalue weighted by molar-refractivity contribution is 0.933. The van der Waals surface area contributed by atoms with Gasteiger partial charge in [-0.15, -0.1) is 11.8 Å². The second kappa shape index (κ2) is 9.11. The van der Waals surface area contributed by atoms with Crippen LogP contribution in [-0.4, -0.2) is 20.7 Å². The molecule has 3 nitrogen and oxygen atoms in total. The monoisotopic (exact) mass is 391 g/mol. The topological polar surface area (TPSA) is 41.6 Å². The minimum absolute atomic E-state index is 0.818. The minimum Gasteiger partial charge on any atom is -0.333 e. The molecule has 2 aromatic carbocycles. The number of thioether (sulfide) groups is 2. The van der Waals surface area contributed by atoms with Gasteiger partial charge in [-0.05, 0) is 48.4 Å². The van der Waals surface area contributed by atoms with E-state index in [-0.39, 0.29) is 0 Å². The van der Waals surface area contributed by atoms with E-state index in [9.17, 15) is 0 Å². The van der Waals surface area contributed by atoms with Gasteiger partial charge in [0.1, 0.15) is 0 Å². The number of imidazole rings is 1. The van der Waals surface area contributed by atoms with Crippen LogP contribution in [0.1, 0.15) is 17.7 Å². The van der Waals surface area contributed by atoms with Crippen molar-refractivity contribution >= 4 is 34.6 Å². The average Bonchev–Trinajstić information content (AvgIpc) is 3.14. The summed E-state index contributed by atoms with van der Waals surface area (Å²) in [6.45, 7) is 0. The van der Waals surface area contributed by atoms with Gasteiger partial charge in [0, 0.05) is 16.8 Å². The van der Waals surface area contributed by atoms with Gasteiger partial charge in [0.15, 0.2) is 5.16 Å². The largest absolute Gasteiger partial charge is 0.333 e. The number of nitrogens with zero attached hydrogens (tertiary/aromatic N) is 2. The molecular formula is C22H21N3S2. The number of hydrogen-bond donors (Lipinski definition) is 1. The van der Waals surface area contributed by atoms with Crippen molar-refractivity contribution in [2.45, 2.75) is 28.6 Å². The van der Waals surface area contributed by atoms with Gasteiger partial charge in [-0.2, -0.15) is 0 Å². The second-order valence-corrected chi connectivity index (χ2v) is 8.40. The highest BCUT2D eigenvalue weighted by atomic mass is 32.2. The zero-order valence-electron chi connectivity index (χ0n) is 15.0. The van der Waals surface area contributed by atoms with Gasteiger partial charge in [-0.1, -0.05) is 54.2 Å². The van der Waals surface area contributed by atoms with E-state index < -0.39 is 0 Å². The summed E-state index contributed by atoms with van der Waals surface area (Å²) in [6, 6.07) is 23.1. The van der Waals surface area contributed by atoms with E-state index in [4.69, 9.17) is 0 Å². The van der Waals surface area contributed by atoms with Crippen molar-refractivity contribution in [2.75, 3.05) is 5.75 Å². The fraction of sp³-hybridized carbons (Fsp3) is 0.182. The van der Waals surface area contributed by atoms with Crippen LogP contribution in [0.25, 0.3) is 11.0 Å². The van der Waals surface area contributed by atoms with Crippen molar-refractivity contribution < 1.29 is 0 Å². The zero-order chi connectivity index (χ0) is 18.3. The quantitative estimate of drug-likeness (QED) is 0.296. The summed E-state index contributed by atoms with van der Waals surface area (Å²) < 4.78 is 0. The lowest BCUT2D eigenvalue weighted by Gasteiger charge is -2.04. The molecular weight excluding hydrogens is 370 g/mol. The molecule has 0 amide bonds. The highest BCUT2D eigenvalue weighted by molar-refractivity contribution is 7.99. The Bertz CT molecular complexity index is 966. The molecule has 2 heterocycles. The first kappa shape index (κ1) is 18.1. The number of aromatic nitrogens is 3. The Labute approximate surface area is 168 Å². The standard InChI is InChI=1S/C22H21N3S2/c1-2-7-17(8-3-1)9-6-14-26-19-12-13-23-18(15-19)16-27-22-24-20-10-4-5-11-21(20)25-22/h1-5,7-8,10-13,15H,6,9,14,16H2,(H,24,25). The Kier molecular flexibility index (Phi) is 6.12. The summed E-state index contributed by atoms with van der Waals surface area (Å²) in [6.07, 6.45) is 4.22. The molecule has 0 unspecified atom stereocenters. The van der Waals surface area contributed by atoms with Crippen molar-refractivity contribution in [1.82, 2.24) is 15.0 Å². The summed E-state index contributed by atoms with van der Waals surface area (Å²) in [5, 5.41) is 0.943. The lowest BCUT2D eigenvalue weighted by atomic mass is 10.1. The Hall–Kier alpha value is -2.24. The first-order valence-corrected chi connectivity index (χ1v) is 11.0. The average molecular weight is 392 g/mol. The molecule has 5 heteroatoms. The van der Waals surface area contributed by atoms with Crippen LogP contribution in [0.5, 0.6) is 0 Å². The lowest BCUT2D eigenvalue weighted by Crippen LogP contribution is -1.90. The van der Waals surface area contributed by atoms with E-state index in [0.717, 1.165) is 39.8 Å². The van der Waals surface area contributed by atoms with Crippen molar-refractivity contribution in [2.24, 2.45) is 0 Å². The second-order valence-electron chi connectivity index (χ2n) is 6.27. The predicted molar refractivity (Wildman–Crippen MR) is 115 cm³/mol. The van der Waals surface area contributed by atoms with Crippen molar-refractivity contribution in [3.05, 3.63) is 84.2 Å². The Morgan fingerprint density at radius 3 is 2.63 bits per heavy atom. The molecule has 4 aromatic rings. The summed E-state index contributed by atoms with van der Waals surface area (Å²) in [5.41, 5.74) is 4.59. The van der Waals surface area contributed by atoms with Gasteiger partial charge < -0.3 is 4.98 Å². The normalized spacial score (nSPS) is 11.1. The van der Waals surface area contributed by atoms with Crippen LogP contribution in [0.2, 0.25) is 0 Å². The zero-order valence-corrected chi connectivity index (χ0v) is 16.6. The summed E-state index contributed by atoms with van der Waals surface area (Å²) in [7, 11) is 0. The van der Waals surface area contributed by atoms with Crippen LogP contribution in [-0.2, 0) is 12.2 Å². The van der Waals surface area contributed by atoms with E-state index in [1.165, 1.54) is 16.9 Å². The maximum Gasteiger partial charge on any atom is 0.166 e. The van der Waals surface area contributed by atoms with Gasteiger partial charge >= 0.3 is 0 Å². The fourth-order valence-corrected chi connectivity index (χ4v) is 4.56. The molecule has 0 aliphatic carbocycles. The number of para-hydroxylation sites is 2. The number of hydrogen-bond acceptors (Lipinski definition) is 4. The maximum absolute atomic E-state index is 4.61. The van der Waals surface area contributed by atoms with Crippen LogP contribution in [0.15, 0.2) is 83.0 Å². The molecule has 0 spiro atoms. The highest BCUT2D eigenvalue weighted by Crippen LogP contribution is 2.25. The van der Waals surface area contributed by atoms with Gasteiger partial charge in [0.05, 0.1) is 16.7 Å². The van der Waals surface area contributed by atoms with E-state index >= 15 is 0 Å². The molecule has 136 valence electrons. The summed E-state index contributed by atoms with van der Waals surface area (Å²) in [5.74, 6) is 1.94. The van der Waals surface area contributed by atoms with Gasteiger partial charge in [-0.25, -0.2) is 4.98 Å². The first-order valence-electron chi connectivity index (χ1n) is 9.06. The Balaban J connectivity index is 1.28. The Morgan fingerprint density at radius 2 is 1.74 bits per heavy atom. The summed E-state index contributed by atoms with van der Waals surface area (Å²) >= 11 is 3.60. The first-order chi connectivity index (χ1) is 13.4. The van der Waals surface area contributed by atoms with Crippen molar-refractivity contribution in [3.63, 3.8) is 0 Å². The molecule has 0 bridgehead atoms. The van der Waals surface area contributed by atoms with E-state index in [2.05, 4.69) is 63.5 Å². The van der Waals surface area contributed by atoms with Crippen molar-refractivity contribution in [3.8, 4) is 0 Å². The summed E-state index contributed by atoms with van der Waals surface area (Å²) in [4.78, 5) is 13.8. The molecule has 0 fully saturated rings. The molecule has 2 aromatic heterocycles. The third-order valence-corrected chi connectivity index (χ3v) is 6.22. The minimum atomic E-state index is 0.818. The molecule has 4 rings (SSSR count). The Morgan fingerprint density at radius 1 is 0.889 bits per heavy atom. The number of nitrogens with one attached hydrogen (secondary N) is 1. The molecule has 0 atom stereocenters. The molecule has 0 saturated heterocycles. The van der Waals surface area contributed by atoms with Gasteiger partial charge in [0.25, 0.3) is 0 Å². The van der Waals surface area contributed by atoms with Crippen LogP contribution < -0.4 is 0 Å². The van der Waals surface area contributed by atoms with Gasteiger partial charge in [0.2, 0.25) is 0 Å².